The number of rotatable bonds is 8. The zero-order valence-corrected chi connectivity index (χ0v) is 18.4. The van der Waals surface area contributed by atoms with Crippen molar-refractivity contribution in [3.8, 4) is 0 Å². The molecule has 1 saturated heterocycles. The van der Waals surface area contributed by atoms with Crippen LogP contribution in [0.2, 0.25) is 0 Å². The summed E-state index contributed by atoms with van der Waals surface area (Å²) in [5, 5.41) is 6.69. The zero-order chi connectivity index (χ0) is 18.1. The Morgan fingerprint density at radius 1 is 1.42 bits per heavy atom. The molecule has 148 valence electrons. The number of furan rings is 1. The van der Waals surface area contributed by atoms with Crippen molar-refractivity contribution in [1.82, 2.24) is 20.4 Å². The minimum atomic E-state index is -0.0109. The van der Waals surface area contributed by atoms with E-state index in [1.54, 1.807) is 25.3 Å². The Bertz CT molecular complexity index is 548. The van der Waals surface area contributed by atoms with Crippen molar-refractivity contribution < 1.29 is 9.21 Å². The number of nitrogens with zero attached hydrogens (tertiary/aromatic N) is 3. The van der Waals surface area contributed by atoms with Crippen LogP contribution in [0.3, 0.4) is 0 Å². The summed E-state index contributed by atoms with van der Waals surface area (Å²) in [5.41, 5.74) is 0. The molecule has 26 heavy (non-hydrogen) atoms. The van der Waals surface area contributed by atoms with E-state index in [1.807, 2.05) is 12.1 Å². The molecule has 1 atom stereocenters. The summed E-state index contributed by atoms with van der Waals surface area (Å²) in [6.07, 6.45) is 4.91. The Hall–Kier alpha value is -1.29. The van der Waals surface area contributed by atoms with Crippen molar-refractivity contribution >= 4 is 35.8 Å². The average Bonchev–Trinajstić information content (AvgIpc) is 3.27. The molecule has 1 aliphatic heterocycles. The van der Waals surface area contributed by atoms with Crippen molar-refractivity contribution in [2.75, 3.05) is 46.8 Å². The summed E-state index contributed by atoms with van der Waals surface area (Å²) in [6, 6.07) is 4.38. The number of carbonyl (C=O) groups is 1. The first-order valence-corrected chi connectivity index (χ1v) is 9.09. The van der Waals surface area contributed by atoms with Gasteiger partial charge in [-0.25, -0.2) is 4.99 Å². The number of likely N-dealkylation sites (N-methyl/N-ethyl adjacent to an activating group) is 2. The molecule has 0 spiro atoms. The van der Waals surface area contributed by atoms with Gasteiger partial charge < -0.3 is 20.0 Å². The van der Waals surface area contributed by atoms with Gasteiger partial charge in [-0.15, -0.1) is 24.0 Å². The maximum Gasteiger partial charge on any atom is 0.243 e. The molecule has 0 aromatic carbocycles. The van der Waals surface area contributed by atoms with Crippen LogP contribution in [0.5, 0.6) is 0 Å². The fraction of sp³-hybridized carbons (Fsp3) is 0.667. The highest BCUT2D eigenvalue weighted by atomic mass is 127. The number of hydrogen-bond donors (Lipinski definition) is 2. The fourth-order valence-electron chi connectivity index (χ4n) is 2.98. The number of hydrogen-bond acceptors (Lipinski definition) is 4. The second-order valence-corrected chi connectivity index (χ2v) is 6.51. The van der Waals surface area contributed by atoms with E-state index in [9.17, 15) is 4.79 Å². The molecule has 2 rings (SSSR count). The molecule has 1 aromatic rings. The van der Waals surface area contributed by atoms with E-state index >= 15 is 0 Å². The van der Waals surface area contributed by atoms with Gasteiger partial charge in [0.2, 0.25) is 5.91 Å². The van der Waals surface area contributed by atoms with E-state index in [0.29, 0.717) is 18.5 Å². The Morgan fingerprint density at radius 3 is 2.88 bits per heavy atom. The van der Waals surface area contributed by atoms with E-state index in [0.717, 1.165) is 25.3 Å². The van der Waals surface area contributed by atoms with Crippen LogP contribution >= 0.6 is 24.0 Å². The summed E-state index contributed by atoms with van der Waals surface area (Å²) in [7, 11) is 3.49. The minimum Gasteiger partial charge on any atom is -0.469 e. The number of likely N-dealkylation sites (tertiary alicyclic amines) is 1. The van der Waals surface area contributed by atoms with Gasteiger partial charge in [-0.05, 0) is 38.1 Å². The Morgan fingerprint density at radius 2 is 2.23 bits per heavy atom. The van der Waals surface area contributed by atoms with Crippen LogP contribution in [0.1, 0.15) is 25.5 Å². The fourth-order valence-corrected chi connectivity index (χ4v) is 2.98. The first-order valence-electron chi connectivity index (χ1n) is 9.09. The monoisotopic (exact) mass is 477 g/mol. The molecule has 1 amide bonds. The zero-order valence-electron chi connectivity index (χ0n) is 16.0. The number of carbonyl (C=O) groups excluding carboxylic acids is 1. The van der Waals surface area contributed by atoms with Gasteiger partial charge in [0.15, 0.2) is 5.96 Å². The van der Waals surface area contributed by atoms with Crippen LogP contribution in [0.15, 0.2) is 27.8 Å². The van der Waals surface area contributed by atoms with Crippen molar-refractivity contribution in [3.05, 3.63) is 24.2 Å². The van der Waals surface area contributed by atoms with E-state index in [1.165, 1.54) is 19.4 Å². The predicted octanol–water partition coefficient (Wildman–Crippen LogP) is 1.55. The highest BCUT2D eigenvalue weighted by Crippen LogP contribution is 2.15. The Kier molecular flexibility index (Phi) is 10.6. The van der Waals surface area contributed by atoms with Crippen molar-refractivity contribution in [2.24, 2.45) is 4.99 Å². The Balaban J connectivity index is 0.00000338. The largest absolute Gasteiger partial charge is 0.469 e. The molecule has 7 nitrogen and oxygen atoms in total. The quantitative estimate of drug-likeness (QED) is 0.338. The normalized spacial score (nSPS) is 17.7. The number of amides is 1. The third-order valence-corrected chi connectivity index (χ3v) is 4.53. The number of nitrogens with one attached hydrogen (secondary N) is 2. The van der Waals surface area contributed by atoms with E-state index < -0.39 is 0 Å². The molecule has 1 fully saturated rings. The number of guanidine groups is 1. The smallest absolute Gasteiger partial charge is 0.243 e. The molecule has 0 aliphatic carbocycles. The molecule has 0 radical (unpaired) electrons. The van der Waals surface area contributed by atoms with Crippen molar-refractivity contribution in [2.45, 2.75) is 32.2 Å². The molecule has 2 heterocycles. The van der Waals surface area contributed by atoms with Gasteiger partial charge in [0, 0.05) is 39.6 Å². The van der Waals surface area contributed by atoms with Gasteiger partial charge in [-0.1, -0.05) is 6.92 Å². The lowest BCUT2D eigenvalue weighted by atomic mass is 10.2. The maximum atomic E-state index is 11.8. The summed E-state index contributed by atoms with van der Waals surface area (Å²) >= 11 is 0. The van der Waals surface area contributed by atoms with E-state index in [2.05, 4.69) is 27.4 Å². The van der Waals surface area contributed by atoms with Crippen LogP contribution in [0.25, 0.3) is 0 Å². The van der Waals surface area contributed by atoms with Gasteiger partial charge >= 0.3 is 0 Å². The molecule has 1 aliphatic rings. The van der Waals surface area contributed by atoms with Gasteiger partial charge in [0.25, 0.3) is 0 Å². The lowest BCUT2D eigenvalue weighted by Gasteiger charge is -2.24. The van der Waals surface area contributed by atoms with Crippen LogP contribution in [-0.2, 0) is 11.2 Å². The lowest BCUT2D eigenvalue weighted by molar-refractivity contribution is -0.127. The molecule has 1 unspecified atom stereocenters. The van der Waals surface area contributed by atoms with E-state index in [-0.39, 0.29) is 36.4 Å². The van der Waals surface area contributed by atoms with Crippen molar-refractivity contribution in [1.29, 1.82) is 0 Å². The summed E-state index contributed by atoms with van der Waals surface area (Å²) in [5.74, 6) is 1.61. The van der Waals surface area contributed by atoms with Crippen molar-refractivity contribution in [3.63, 3.8) is 0 Å². The minimum absolute atomic E-state index is 0. The lowest BCUT2D eigenvalue weighted by Crippen LogP contribution is -2.45. The average molecular weight is 477 g/mol. The van der Waals surface area contributed by atoms with Crippen LogP contribution in [-0.4, -0.2) is 74.5 Å². The first kappa shape index (κ1) is 22.8. The van der Waals surface area contributed by atoms with Gasteiger partial charge in [-0.2, -0.15) is 0 Å². The standard InChI is InChI=1S/C18H31N5O2.HI/c1-4-23-11-5-7-15(23)13-20-18(21-14-17(24)22(2)3)19-10-9-16-8-6-12-25-16;/h6,8,12,15H,4-5,7,9-11,13-14H2,1-3H3,(H2,19,20,21);1H. The molecular weight excluding hydrogens is 445 g/mol. The second kappa shape index (κ2) is 12.2. The van der Waals surface area contributed by atoms with Gasteiger partial charge in [0.1, 0.15) is 12.3 Å². The molecular formula is C18H32IN5O2. The van der Waals surface area contributed by atoms with Crippen LogP contribution in [0.4, 0.5) is 0 Å². The van der Waals surface area contributed by atoms with Gasteiger partial charge in [-0.3, -0.25) is 9.69 Å². The van der Waals surface area contributed by atoms with Crippen LogP contribution < -0.4 is 10.6 Å². The molecule has 2 N–H and O–H groups in total. The SMILES string of the molecule is CCN1CCCC1CNC(=NCC(=O)N(C)C)NCCc1ccco1.I. The van der Waals surface area contributed by atoms with Crippen LogP contribution in [0, 0.1) is 0 Å². The summed E-state index contributed by atoms with van der Waals surface area (Å²) in [6.45, 7) is 6.13. The number of halogens is 1. The number of aliphatic imine (C=N–C) groups is 1. The summed E-state index contributed by atoms with van der Waals surface area (Å²) < 4.78 is 5.35. The third kappa shape index (κ3) is 7.53. The molecule has 0 saturated carbocycles. The summed E-state index contributed by atoms with van der Waals surface area (Å²) in [4.78, 5) is 20.3. The second-order valence-electron chi connectivity index (χ2n) is 6.51. The predicted molar refractivity (Wildman–Crippen MR) is 115 cm³/mol. The molecule has 0 bridgehead atoms. The Labute approximate surface area is 173 Å². The third-order valence-electron chi connectivity index (χ3n) is 4.53. The highest BCUT2D eigenvalue weighted by molar-refractivity contribution is 14.0. The maximum absolute atomic E-state index is 11.8. The highest BCUT2D eigenvalue weighted by Gasteiger charge is 2.22. The first-order chi connectivity index (χ1) is 12.1. The molecule has 1 aromatic heterocycles. The van der Waals surface area contributed by atoms with Gasteiger partial charge in [0.05, 0.1) is 6.26 Å². The molecule has 8 heteroatoms. The topological polar surface area (TPSA) is 73.1 Å². The van der Waals surface area contributed by atoms with E-state index in [4.69, 9.17) is 4.42 Å².